The average Bonchev–Trinajstić information content (AvgIpc) is 3.69. The summed E-state index contributed by atoms with van der Waals surface area (Å²) in [7, 11) is 0. The minimum Gasteiger partial charge on any atom is -0.247 e. The van der Waals surface area contributed by atoms with Gasteiger partial charge < -0.3 is 0 Å². The number of nitrogens with zero attached hydrogens (tertiary/aromatic N) is 3. The Balaban J connectivity index is 1.08. The van der Waals surface area contributed by atoms with Gasteiger partial charge in [-0.2, -0.15) is 0 Å². The molecule has 3 aromatic heterocycles. The Bertz CT molecular complexity index is 3250. The Morgan fingerprint density at radius 1 is 0.333 bits per heavy atom. The van der Waals surface area contributed by atoms with E-state index in [0.717, 1.165) is 55.8 Å². The van der Waals surface area contributed by atoms with E-state index < -0.39 is 0 Å². The lowest BCUT2D eigenvalue weighted by molar-refractivity contribution is 1.18. The number of benzene rings is 8. The second-order valence-electron chi connectivity index (χ2n) is 14.3. The highest BCUT2D eigenvalue weighted by Crippen LogP contribution is 2.48. The Labute approximate surface area is 334 Å². The van der Waals surface area contributed by atoms with Gasteiger partial charge in [-0.1, -0.05) is 176 Å². The van der Waals surface area contributed by atoms with E-state index >= 15 is 0 Å². The van der Waals surface area contributed by atoms with Gasteiger partial charge in [-0.05, 0) is 41.0 Å². The molecule has 11 rings (SSSR count). The number of pyridine rings is 1. The van der Waals surface area contributed by atoms with E-state index in [0.29, 0.717) is 5.82 Å². The minimum absolute atomic E-state index is 0.703. The molecule has 3 nitrogen and oxygen atoms in total. The van der Waals surface area contributed by atoms with Crippen molar-refractivity contribution in [2.24, 2.45) is 0 Å². The lowest BCUT2D eigenvalue weighted by Gasteiger charge is -2.15. The molecule has 4 heteroatoms. The maximum Gasteiger partial charge on any atom is 0.160 e. The molecule has 3 heterocycles. The first-order chi connectivity index (χ1) is 28.2. The van der Waals surface area contributed by atoms with Gasteiger partial charge >= 0.3 is 0 Å². The molecule has 0 radical (unpaired) electrons. The van der Waals surface area contributed by atoms with E-state index in [4.69, 9.17) is 15.0 Å². The number of thiophene rings is 1. The quantitative estimate of drug-likeness (QED) is 0.159. The van der Waals surface area contributed by atoms with Crippen LogP contribution >= 0.6 is 11.3 Å². The molecule has 0 spiro atoms. The van der Waals surface area contributed by atoms with Crippen LogP contribution in [0.1, 0.15) is 0 Å². The molecule has 8 aromatic carbocycles. The first-order valence-corrected chi connectivity index (χ1v) is 20.0. The van der Waals surface area contributed by atoms with Crippen molar-refractivity contribution in [2.45, 2.75) is 0 Å². The minimum atomic E-state index is 0.703. The van der Waals surface area contributed by atoms with Crippen LogP contribution in [0.15, 0.2) is 200 Å². The summed E-state index contributed by atoms with van der Waals surface area (Å²) in [5.74, 6) is 0.703. The van der Waals surface area contributed by atoms with E-state index in [-0.39, 0.29) is 0 Å². The van der Waals surface area contributed by atoms with Gasteiger partial charge in [0.25, 0.3) is 0 Å². The van der Waals surface area contributed by atoms with E-state index in [9.17, 15) is 0 Å². The molecule has 0 aliphatic rings. The molecule has 0 atom stereocenters. The van der Waals surface area contributed by atoms with Crippen molar-refractivity contribution in [1.82, 2.24) is 15.0 Å². The maximum atomic E-state index is 5.31. The van der Waals surface area contributed by atoms with Crippen LogP contribution in [0.2, 0.25) is 0 Å². The van der Waals surface area contributed by atoms with E-state index in [2.05, 4.69) is 176 Å². The molecule has 57 heavy (non-hydrogen) atoms. The summed E-state index contributed by atoms with van der Waals surface area (Å²) in [6.45, 7) is 0. The van der Waals surface area contributed by atoms with Crippen molar-refractivity contribution in [3.63, 3.8) is 0 Å². The van der Waals surface area contributed by atoms with Gasteiger partial charge in [0.15, 0.2) is 5.82 Å². The van der Waals surface area contributed by atoms with Crippen LogP contribution in [-0.4, -0.2) is 15.0 Å². The van der Waals surface area contributed by atoms with Gasteiger partial charge in [-0.3, -0.25) is 0 Å². The third-order valence-electron chi connectivity index (χ3n) is 10.9. The summed E-state index contributed by atoms with van der Waals surface area (Å²) in [6, 6.07) is 70.7. The Morgan fingerprint density at radius 3 is 1.51 bits per heavy atom. The summed E-state index contributed by atoms with van der Waals surface area (Å²) in [6.07, 6.45) is 0. The second-order valence-corrected chi connectivity index (χ2v) is 15.4. The van der Waals surface area contributed by atoms with Crippen LogP contribution in [0.5, 0.6) is 0 Å². The highest BCUT2D eigenvalue weighted by atomic mass is 32.1. The zero-order valence-electron chi connectivity index (χ0n) is 30.8. The SMILES string of the molecule is c1ccc(-c2ccc(-c3cc(-c4ccc(-c5cc6c(-c7ccccc7)nc7ccccc7c6c6c5sc5ccccc56)cc4)nc(-c4ccccc4)n3)cc2)cc1. The standard InChI is InChI=1S/C53H33N3S/c1-4-14-34(15-5-1)35-24-28-37(29-25-35)46-33-47(56-53(55-46)40-18-8-3-9-19-40)38-30-26-36(27-31-38)43-32-44-49(50-42-21-11-13-23-48(42)57-52(43)50)41-20-10-12-22-45(41)54-51(44)39-16-6-2-7-17-39/h1-33H. The highest BCUT2D eigenvalue weighted by Gasteiger charge is 2.20. The lowest BCUT2D eigenvalue weighted by Crippen LogP contribution is -1.96. The fourth-order valence-electron chi connectivity index (χ4n) is 8.10. The molecule has 0 N–H and O–H groups in total. The second kappa shape index (κ2) is 13.8. The number of hydrogen-bond acceptors (Lipinski definition) is 4. The number of aromatic nitrogens is 3. The van der Waals surface area contributed by atoms with E-state index in [1.165, 1.54) is 47.6 Å². The summed E-state index contributed by atoms with van der Waals surface area (Å²) in [5, 5.41) is 6.14. The van der Waals surface area contributed by atoms with Gasteiger partial charge in [0.1, 0.15) is 0 Å². The first-order valence-electron chi connectivity index (χ1n) is 19.2. The largest absolute Gasteiger partial charge is 0.247 e. The maximum absolute atomic E-state index is 5.31. The Morgan fingerprint density at radius 2 is 0.842 bits per heavy atom. The summed E-state index contributed by atoms with van der Waals surface area (Å²) in [5.41, 5.74) is 12.7. The van der Waals surface area contributed by atoms with Crippen LogP contribution in [0.4, 0.5) is 0 Å². The summed E-state index contributed by atoms with van der Waals surface area (Å²) in [4.78, 5) is 15.5. The van der Waals surface area contributed by atoms with Crippen molar-refractivity contribution in [3.8, 4) is 67.4 Å². The fourth-order valence-corrected chi connectivity index (χ4v) is 9.35. The zero-order valence-corrected chi connectivity index (χ0v) is 31.6. The number of para-hydroxylation sites is 1. The predicted molar refractivity (Wildman–Crippen MR) is 240 cm³/mol. The van der Waals surface area contributed by atoms with Crippen LogP contribution in [0, 0.1) is 0 Å². The first kappa shape index (κ1) is 33.1. The monoisotopic (exact) mass is 743 g/mol. The van der Waals surface area contributed by atoms with E-state index in [1.807, 2.05) is 35.6 Å². The molecule has 266 valence electrons. The fraction of sp³-hybridized carbons (Fsp3) is 0. The Kier molecular flexibility index (Phi) is 8.01. The lowest BCUT2D eigenvalue weighted by atomic mass is 9.92. The normalized spacial score (nSPS) is 11.5. The topological polar surface area (TPSA) is 38.7 Å². The third-order valence-corrected chi connectivity index (χ3v) is 12.1. The van der Waals surface area contributed by atoms with Crippen molar-refractivity contribution in [3.05, 3.63) is 200 Å². The van der Waals surface area contributed by atoms with Gasteiger partial charge in [-0.15, -0.1) is 11.3 Å². The molecule has 0 amide bonds. The van der Waals surface area contributed by atoms with Crippen molar-refractivity contribution < 1.29 is 0 Å². The van der Waals surface area contributed by atoms with Crippen LogP contribution in [0.3, 0.4) is 0 Å². The predicted octanol–water partition coefficient (Wildman–Crippen LogP) is 14.5. The smallest absolute Gasteiger partial charge is 0.160 e. The molecule has 0 unspecified atom stereocenters. The van der Waals surface area contributed by atoms with Gasteiger partial charge in [0.2, 0.25) is 0 Å². The third kappa shape index (κ3) is 5.86. The molecular weight excluding hydrogens is 711 g/mol. The molecule has 0 saturated carbocycles. The number of rotatable bonds is 6. The van der Waals surface area contributed by atoms with Crippen LogP contribution < -0.4 is 0 Å². The van der Waals surface area contributed by atoms with Crippen LogP contribution in [-0.2, 0) is 0 Å². The van der Waals surface area contributed by atoms with Gasteiger partial charge in [0.05, 0.1) is 22.6 Å². The van der Waals surface area contributed by atoms with E-state index in [1.54, 1.807) is 0 Å². The Hall–Kier alpha value is -7.27. The van der Waals surface area contributed by atoms with Crippen molar-refractivity contribution in [2.75, 3.05) is 0 Å². The molecule has 0 aliphatic heterocycles. The van der Waals surface area contributed by atoms with Gasteiger partial charge in [-0.25, -0.2) is 15.0 Å². The molecule has 0 bridgehead atoms. The van der Waals surface area contributed by atoms with Gasteiger partial charge in [0, 0.05) is 64.1 Å². The number of fused-ring (bicyclic) bond motifs is 7. The summed E-state index contributed by atoms with van der Waals surface area (Å²) >= 11 is 1.87. The molecule has 0 fully saturated rings. The molecule has 0 saturated heterocycles. The van der Waals surface area contributed by atoms with Crippen molar-refractivity contribution in [1.29, 1.82) is 0 Å². The molecule has 11 aromatic rings. The van der Waals surface area contributed by atoms with Crippen molar-refractivity contribution >= 4 is 53.2 Å². The molecule has 0 aliphatic carbocycles. The average molecular weight is 744 g/mol. The number of hydrogen-bond donors (Lipinski definition) is 0. The van der Waals surface area contributed by atoms with Crippen LogP contribution in [0.25, 0.3) is 109 Å². The highest BCUT2D eigenvalue weighted by molar-refractivity contribution is 7.26. The zero-order chi connectivity index (χ0) is 37.7. The molecular formula is C53H33N3S. The summed E-state index contributed by atoms with van der Waals surface area (Å²) < 4.78 is 2.56.